The second kappa shape index (κ2) is 8.63. The first-order chi connectivity index (χ1) is 12.7. The van der Waals surface area contributed by atoms with Gasteiger partial charge in [-0.15, -0.1) is 0 Å². The van der Waals surface area contributed by atoms with Gasteiger partial charge in [-0.2, -0.15) is 0 Å². The van der Waals surface area contributed by atoms with Gasteiger partial charge < -0.3 is 24.0 Å². The smallest absolute Gasteiger partial charge is 1.00 e. The van der Waals surface area contributed by atoms with Gasteiger partial charge in [-0.1, -0.05) is 0 Å². The third-order valence-corrected chi connectivity index (χ3v) is 7.15. The molecule has 1 aliphatic rings. The zero-order valence-electron chi connectivity index (χ0n) is 15.8. The van der Waals surface area contributed by atoms with Crippen molar-refractivity contribution in [1.82, 2.24) is 0 Å². The second-order valence-corrected chi connectivity index (χ2v) is 8.45. The van der Waals surface area contributed by atoms with Crippen LogP contribution in [0.25, 0.3) is 17.0 Å². The van der Waals surface area contributed by atoms with Gasteiger partial charge in [-0.05, 0) is 0 Å². The van der Waals surface area contributed by atoms with Gasteiger partial charge in [0.05, 0.1) is 0 Å². The number of fused-ring (bicyclic) bond motifs is 2. The molecule has 0 aliphatic carbocycles. The second-order valence-electron chi connectivity index (χ2n) is 6.22. The average Bonchev–Trinajstić information content (AvgIpc) is 3.04. The summed E-state index contributed by atoms with van der Waals surface area (Å²) in [4.78, 5) is 2.45. The Balaban J connectivity index is 0.00000210. The molecule has 0 atom stereocenters. The Hall–Kier alpha value is -1.56. The van der Waals surface area contributed by atoms with E-state index >= 15 is 0 Å². The van der Waals surface area contributed by atoms with Crippen molar-refractivity contribution in [2.75, 3.05) is 18.6 Å². The van der Waals surface area contributed by atoms with E-state index in [1.165, 1.54) is 31.3 Å². The Morgan fingerprint density at radius 2 is 1.89 bits per heavy atom. The maximum Gasteiger partial charge on any atom is -1.00 e. The third-order valence-electron chi connectivity index (χ3n) is 4.81. The minimum Gasteiger partial charge on any atom is -1.00 e. The number of hydrogen-bond acceptors (Lipinski definition) is 2. The van der Waals surface area contributed by atoms with Crippen LogP contribution in [0.2, 0.25) is 0 Å². The zero-order chi connectivity index (χ0) is 18.1. The van der Waals surface area contributed by atoms with Crippen molar-refractivity contribution in [2.45, 2.75) is 20.4 Å². The summed E-state index contributed by atoms with van der Waals surface area (Å²) in [6, 6.07) is 19.5. The maximum atomic E-state index is 5.37. The first-order valence-electron chi connectivity index (χ1n) is 9.02. The van der Waals surface area contributed by atoms with Crippen molar-refractivity contribution in [1.29, 1.82) is 0 Å². The first-order valence-corrected chi connectivity index (χ1v) is 10.7. The first kappa shape index (κ1) is 20.2. The number of benzene rings is 2. The van der Waals surface area contributed by atoms with Crippen LogP contribution in [0.3, 0.4) is 0 Å². The van der Waals surface area contributed by atoms with Crippen LogP contribution in [0.1, 0.15) is 19.5 Å². The van der Waals surface area contributed by atoms with Crippen molar-refractivity contribution in [3.05, 3.63) is 64.9 Å². The van der Waals surface area contributed by atoms with E-state index in [9.17, 15) is 0 Å². The number of rotatable bonds is 4. The summed E-state index contributed by atoms with van der Waals surface area (Å²) in [5.74, 6) is 0.901. The number of aromatic nitrogens is 1. The van der Waals surface area contributed by atoms with Gasteiger partial charge in [0, 0.05) is 0 Å². The predicted octanol–water partition coefficient (Wildman–Crippen LogP) is 0.328. The Morgan fingerprint density at radius 1 is 1.07 bits per heavy atom. The summed E-state index contributed by atoms with van der Waals surface area (Å²) in [5, 5.41) is 1.21. The molecule has 0 fully saturated rings. The normalized spacial score (nSPS) is 14.3. The van der Waals surface area contributed by atoms with E-state index in [-0.39, 0.29) is 24.0 Å². The fourth-order valence-corrected chi connectivity index (χ4v) is 5.99. The molecule has 0 bridgehead atoms. The van der Waals surface area contributed by atoms with Gasteiger partial charge in [-0.25, -0.2) is 0 Å². The number of hydrogen-bond donors (Lipinski definition) is 0. The molecule has 5 heteroatoms. The van der Waals surface area contributed by atoms with E-state index in [1.807, 2.05) is 6.07 Å². The molecular weight excluding hydrogens is 514 g/mol. The van der Waals surface area contributed by atoms with E-state index in [2.05, 4.69) is 77.9 Å². The van der Waals surface area contributed by atoms with Crippen LogP contribution in [0, 0.1) is 0 Å². The monoisotopic (exact) mass is 538 g/mol. The van der Waals surface area contributed by atoms with Crippen molar-refractivity contribution >= 4 is 42.1 Å². The van der Waals surface area contributed by atoms with Crippen LogP contribution in [-0.2, 0) is 6.54 Å². The van der Waals surface area contributed by atoms with Crippen molar-refractivity contribution in [2.24, 2.45) is 0 Å². The topological polar surface area (TPSA) is 16.4 Å². The molecule has 0 N–H and O–H groups in total. The molecule has 3 aromatic rings. The number of pyridine rings is 1. The molecule has 0 saturated heterocycles. The van der Waals surface area contributed by atoms with Gasteiger partial charge in [0.1, 0.15) is 0 Å². The van der Waals surface area contributed by atoms with Gasteiger partial charge in [-0.3, -0.25) is 0 Å². The molecule has 0 amide bonds. The van der Waals surface area contributed by atoms with Crippen LogP contribution in [-0.4, -0.2) is 28.6 Å². The minimum atomic E-state index is 0. The molecule has 2 heterocycles. The third kappa shape index (κ3) is 3.73. The van der Waals surface area contributed by atoms with Gasteiger partial charge >= 0.3 is 161 Å². The summed E-state index contributed by atoms with van der Waals surface area (Å²) >= 11 is 0.354. The summed E-state index contributed by atoms with van der Waals surface area (Å²) < 4.78 is 10.7. The number of para-hydroxylation sites is 1. The largest absolute Gasteiger partial charge is 1.00 e. The Kier molecular flexibility index (Phi) is 6.45. The molecule has 3 nitrogen and oxygen atoms in total. The van der Waals surface area contributed by atoms with Crippen LogP contribution in [0.5, 0.6) is 5.75 Å². The van der Waals surface area contributed by atoms with Crippen molar-refractivity contribution < 1.29 is 33.3 Å². The predicted molar refractivity (Wildman–Crippen MR) is 109 cm³/mol. The van der Waals surface area contributed by atoms with Crippen molar-refractivity contribution in [3.8, 4) is 5.75 Å². The van der Waals surface area contributed by atoms with Crippen LogP contribution < -0.4 is 42.6 Å². The van der Waals surface area contributed by atoms with Gasteiger partial charge in [0.25, 0.3) is 0 Å². The standard InChI is InChI=1S/C22H23N2OSe.HI/c1-4-23-17(11-10-16-14-18(25-3)12-13-19(16)23)15-22-24(5-2)20-8-6-7-9-21(20)26-22;/h6-15H,4-5H2,1-3H3;1H/q+1;/p-1. The number of halogens is 1. The number of methoxy groups -OCH3 is 1. The summed E-state index contributed by atoms with van der Waals surface area (Å²) in [6.45, 7) is 6.38. The van der Waals surface area contributed by atoms with Gasteiger partial charge in [0.15, 0.2) is 0 Å². The molecule has 0 saturated carbocycles. The van der Waals surface area contributed by atoms with Crippen molar-refractivity contribution in [3.63, 3.8) is 0 Å². The quantitative estimate of drug-likeness (QED) is 0.271. The van der Waals surface area contributed by atoms with E-state index in [1.54, 1.807) is 7.11 Å². The minimum absolute atomic E-state index is 0. The molecular formula is C22H23IN2OSe. The Morgan fingerprint density at radius 3 is 2.63 bits per heavy atom. The van der Waals surface area contributed by atoms with E-state index in [4.69, 9.17) is 4.74 Å². The number of aryl methyl sites for hydroxylation is 1. The molecule has 1 aliphatic heterocycles. The van der Waals surface area contributed by atoms with E-state index in [0.29, 0.717) is 15.0 Å². The van der Waals surface area contributed by atoms with Crippen LogP contribution in [0.15, 0.2) is 59.2 Å². The number of ether oxygens (including phenoxy) is 1. The molecule has 2 aromatic carbocycles. The number of nitrogens with zero attached hydrogens (tertiary/aromatic N) is 2. The molecule has 0 radical (unpaired) electrons. The maximum absolute atomic E-state index is 5.37. The fourth-order valence-electron chi connectivity index (χ4n) is 3.54. The average molecular weight is 537 g/mol. The van der Waals surface area contributed by atoms with Crippen LogP contribution >= 0.6 is 0 Å². The summed E-state index contributed by atoms with van der Waals surface area (Å²) in [5.41, 5.74) is 3.87. The molecule has 0 unspecified atom stereocenters. The summed E-state index contributed by atoms with van der Waals surface area (Å²) in [6.07, 6.45) is 2.37. The molecule has 27 heavy (non-hydrogen) atoms. The number of anilines is 1. The SMILES string of the molecule is CCN1C(=Cc2ccc3cc(OC)ccc3[n+]2CC)[Se]c2ccccc21.[I-]. The zero-order valence-corrected chi connectivity index (χ0v) is 19.6. The summed E-state index contributed by atoms with van der Waals surface area (Å²) in [7, 11) is 1.72. The van der Waals surface area contributed by atoms with E-state index in [0.717, 1.165) is 18.8 Å². The Labute approximate surface area is 184 Å². The molecule has 0 spiro atoms. The Bertz CT molecular complexity index is 1000. The molecule has 140 valence electrons. The van der Waals surface area contributed by atoms with E-state index < -0.39 is 0 Å². The molecule has 4 rings (SSSR count). The molecule has 1 aromatic heterocycles. The fraction of sp³-hybridized carbons (Fsp3) is 0.227. The van der Waals surface area contributed by atoms with Gasteiger partial charge in [0.2, 0.25) is 0 Å². The van der Waals surface area contributed by atoms with Crippen LogP contribution in [0.4, 0.5) is 5.69 Å².